The van der Waals surface area contributed by atoms with Crippen LogP contribution in [-0.2, 0) is 15.9 Å². The number of halogens is 2. The maximum absolute atomic E-state index is 6.16. The fraction of sp³-hybridized carbons (Fsp3) is 0.591. The fourth-order valence-electron chi connectivity index (χ4n) is 3.75. The molecule has 0 amide bonds. The predicted molar refractivity (Wildman–Crippen MR) is 135 cm³/mol. The third-order valence-corrected chi connectivity index (χ3v) is 5.53. The number of guanidine groups is 1. The molecule has 1 aliphatic heterocycles. The van der Waals surface area contributed by atoms with E-state index in [2.05, 4.69) is 28.3 Å². The number of hydrogen-bond acceptors (Lipinski definition) is 3. The summed E-state index contributed by atoms with van der Waals surface area (Å²) in [7, 11) is 1.73. The summed E-state index contributed by atoms with van der Waals surface area (Å²) < 4.78 is 11.1. The SMILES string of the molecule is CCNC(=NCCc1c[nH]c2ccc(Cl)cc12)N1CCC(OCCCOC)CC1.I. The van der Waals surface area contributed by atoms with Crippen LogP contribution >= 0.6 is 35.6 Å². The van der Waals surface area contributed by atoms with Crippen LogP contribution in [0.3, 0.4) is 0 Å². The predicted octanol–water partition coefficient (Wildman–Crippen LogP) is 4.46. The molecule has 1 aliphatic rings. The van der Waals surface area contributed by atoms with Crippen LogP contribution in [0.1, 0.15) is 31.7 Å². The van der Waals surface area contributed by atoms with Crippen molar-refractivity contribution in [2.75, 3.05) is 46.5 Å². The van der Waals surface area contributed by atoms with Crippen LogP contribution in [0.15, 0.2) is 29.4 Å². The first-order valence-electron chi connectivity index (χ1n) is 10.6. The summed E-state index contributed by atoms with van der Waals surface area (Å²) in [5.74, 6) is 1.00. The van der Waals surface area contributed by atoms with Gasteiger partial charge < -0.3 is 24.7 Å². The topological polar surface area (TPSA) is 61.9 Å². The molecule has 1 aromatic carbocycles. The van der Waals surface area contributed by atoms with E-state index in [0.717, 1.165) is 81.6 Å². The molecule has 0 spiro atoms. The van der Waals surface area contributed by atoms with Gasteiger partial charge in [0, 0.05) is 68.6 Å². The van der Waals surface area contributed by atoms with E-state index in [-0.39, 0.29) is 24.0 Å². The van der Waals surface area contributed by atoms with Crippen LogP contribution in [0.2, 0.25) is 5.02 Å². The van der Waals surface area contributed by atoms with Crippen LogP contribution in [-0.4, -0.2) is 68.4 Å². The van der Waals surface area contributed by atoms with Crippen LogP contribution in [0.4, 0.5) is 0 Å². The van der Waals surface area contributed by atoms with Gasteiger partial charge in [0.05, 0.1) is 6.10 Å². The first-order valence-corrected chi connectivity index (χ1v) is 11.0. The number of benzene rings is 1. The van der Waals surface area contributed by atoms with Crippen LogP contribution in [0, 0.1) is 0 Å². The van der Waals surface area contributed by atoms with E-state index in [4.69, 9.17) is 26.1 Å². The third-order valence-electron chi connectivity index (χ3n) is 5.29. The number of rotatable bonds is 9. The van der Waals surface area contributed by atoms with Crippen LogP contribution in [0.25, 0.3) is 10.9 Å². The van der Waals surface area contributed by atoms with Gasteiger partial charge in [0.25, 0.3) is 0 Å². The van der Waals surface area contributed by atoms with Gasteiger partial charge in [0.1, 0.15) is 0 Å². The summed E-state index contributed by atoms with van der Waals surface area (Å²) in [5, 5.41) is 5.39. The summed E-state index contributed by atoms with van der Waals surface area (Å²) in [6, 6.07) is 5.96. The smallest absolute Gasteiger partial charge is 0.193 e. The first-order chi connectivity index (χ1) is 14.2. The second kappa shape index (κ2) is 13.4. The van der Waals surface area contributed by atoms with Gasteiger partial charge in [-0.2, -0.15) is 0 Å². The largest absolute Gasteiger partial charge is 0.385 e. The molecular weight excluding hydrogens is 515 g/mol. The quantitative estimate of drug-likeness (QED) is 0.210. The van der Waals surface area contributed by atoms with E-state index in [9.17, 15) is 0 Å². The number of fused-ring (bicyclic) bond motifs is 1. The van der Waals surface area contributed by atoms with Gasteiger partial charge in [-0.1, -0.05) is 11.6 Å². The maximum Gasteiger partial charge on any atom is 0.193 e. The lowest BCUT2D eigenvalue weighted by molar-refractivity contribution is 0.00991. The molecule has 0 radical (unpaired) electrons. The van der Waals surface area contributed by atoms with E-state index in [1.165, 1.54) is 10.9 Å². The molecule has 0 aliphatic carbocycles. The van der Waals surface area contributed by atoms with Crippen molar-refractivity contribution in [1.82, 2.24) is 15.2 Å². The molecule has 30 heavy (non-hydrogen) atoms. The number of hydrogen-bond donors (Lipinski definition) is 2. The second-order valence-electron chi connectivity index (χ2n) is 7.39. The van der Waals surface area contributed by atoms with Crippen molar-refractivity contribution >= 4 is 52.4 Å². The van der Waals surface area contributed by atoms with Crippen molar-refractivity contribution in [3.63, 3.8) is 0 Å². The molecule has 0 saturated carbocycles. The minimum Gasteiger partial charge on any atom is -0.385 e. The molecule has 0 unspecified atom stereocenters. The summed E-state index contributed by atoms with van der Waals surface area (Å²) >= 11 is 6.16. The molecule has 3 rings (SSSR count). The number of H-pyrrole nitrogens is 1. The van der Waals surface area contributed by atoms with Gasteiger partial charge in [-0.05, 0) is 56.4 Å². The Morgan fingerprint density at radius 2 is 2.10 bits per heavy atom. The Labute approximate surface area is 201 Å². The van der Waals surface area contributed by atoms with Crippen molar-refractivity contribution in [1.29, 1.82) is 0 Å². The molecule has 0 bridgehead atoms. The highest BCUT2D eigenvalue weighted by Gasteiger charge is 2.21. The first kappa shape index (κ1) is 25.2. The summed E-state index contributed by atoms with van der Waals surface area (Å²) in [4.78, 5) is 10.5. The van der Waals surface area contributed by atoms with Crippen molar-refractivity contribution in [3.8, 4) is 0 Å². The lowest BCUT2D eigenvalue weighted by atomic mass is 10.1. The molecule has 168 valence electrons. The Morgan fingerprint density at radius 3 is 2.83 bits per heavy atom. The van der Waals surface area contributed by atoms with Crippen molar-refractivity contribution < 1.29 is 9.47 Å². The van der Waals surface area contributed by atoms with Crippen molar-refractivity contribution in [3.05, 3.63) is 35.0 Å². The average molecular weight is 549 g/mol. The number of piperidine rings is 1. The Morgan fingerprint density at radius 1 is 1.30 bits per heavy atom. The number of nitrogens with one attached hydrogen (secondary N) is 2. The number of nitrogens with zero attached hydrogens (tertiary/aromatic N) is 2. The van der Waals surface area contributed by atoms with Crippen LogP contribution in [0.5, 0.6) is 0 Å². The Kier molecular flexibility index (Phi) is 11.3. The van der Waals surface area contributed by atoms with E-state index >= 15 is 0 Å². The molecular formula is C22H34ClIN4O2. The highest BCUT2D eigenvalue weighted by molar-refractivity contribution is 14.0. The van der Waals surface area contributed by atoms with Gasteiger partial charge in [0.15, 0.2) is 5.96 Å². The normalized spacial score (nSPS) is 15.4. The van der Waals surface area contributed by atoms with Gasteiger partial charge in [-0.15, -0.1) is 24.0 Å². The molecule has 2 N–H and O–H groups in total. The Balaban J connectivity index is 0.00000320. The molecule has 2 aromatic rings. The van der Waals surface area contributed by atoms with Gasteiger partial charge in [-0.3, -0.25) is 4.99 Å². The van der Waals surface area contributed by atoms with E-state index < -0.39 is 0 Å². The van der Waals surface area contributed by atoms with Gasteiger partial charge in [-0.25, -0.2) is 0 Å². The standard InChI is InChI=1S/C22H33ClN4O2.HI/c1-3-24-22(27-11-8-19(9-12-27)29-14-4-13-28-2)25-10-7-17-16-26-21-6-5-18(23)15-20(17)21;/h5-6,15-16,19,26H,3-4,7-14H2,1-2H3,(H,24,25);1H. The maximum atomic E-state index is 6.16. The third kappa shape index (κ3) is 7.28. The number of aromatic nitrogens is 1. The number of aliphatic imine (C=N–C) groups is 1. The van der Waals surface area contributed by atoms with Crippen molar-refractivity contribution in [2.24, 2.45) is 4.99 Å². The summed E-state index contributed by atoms with van der Waals surface area (Å²) in [5.41, 5.74) is 2.37. The lowest BCUT2D eigenvalue weighted by Crippen LogP contribution is -2.47. The summed E-state index contributed by atoms with van der Waals surface area (Å²) in [6.45, 7) is 7.22. The number of aromatic amines is 1. The highest BCUT2D eigenvalue weighted by Crippen LogP contribution is 2.23. The Hall–Kier alpha value is -1.03. The zero-order valence-corrected chi connectivity index (χ0v) is 21.0. The second-order valence-corrected chi connectivity index (χ2v) is 7.83. The minimum atomic E-state index is 0. The summed E-state index contributed by atoms with van der Waals surface area (Å²) in [6.07, 6.45) is 6.34. The molecule has 8 heteroatoms. The molecule has 6 nitrogen and oxygen atoms in total. The lowest BCUT2D eigenvalue weighted by Gasteiger charge is -2.34. The fourth-order valence-corrected chi connectivity index (χ4v) is 3.93. The molecule has 1 fully saturated rings. The molecule has 1 saturated heterocycles. The van der Waals surface area contributed by atoms with Gasteiger partial charge in [0.2, 0.25) is 0 Å². The Bertz CT molecular complexity index is 791. The minimum absolute atomic E-state index is 0. The van der Waals surface area contributed by atoms with Crippen LogP contribution < -0.4 is 5.32 Å². The van der Waals surface area contributed by atoms with E-state index in [1.807, 2.05) is 18.2 Å². The zero-order valence-electron chi connectivity index (χ0n) is 18.0. The van der Waals surface area contributed by atoms with Crippen molar-refractivity contribution in [2.45, 2.75) is 38.7 Å². The number of likely N-dealkylation sites (tertiary alicyclic amines) is 1. The molecule has 2 heterocycles. The van der Waals surface area contributed by atoms with Gasteiger partial charge >= 0.3 is 0 Å². The van der Waals surface area contributed by atoms with E-state index in [0.29, 0.717) is 6.10 Å². The highest BCUT2D eigenvalue weighted by atomic mass is 127. The molecule has 0 atom stereocenters. The average Bonchev–Trinajstić information content (AvgIpc) is 3.13. The zero-order chi connectivity index (χ0) is 20.5. The monoisotopic (exact) mass is 548 g/mol. The van der Waals surface area contributed by atoms with E-state index in [1.54, 1.807) is 7.11 Å². The number of methoxy groups -OCH3 is 1. The number of ether oxygens (including phenoxy) is 2. The molecule has 1 aromatic heterocycles.